The summed E-state index contributed by atoms with van der Waals surface area (Å²) >= 11 is 0. The van der Waals surface area contributed by atoms with Gasteiger partial charge in [0.2, 0.25) is 11.8 Å². The fourth-order valence-corrected chi connectivity index (χ4v) is 7.64. The molecule has 168 valence electrons. The molecule has 1 aromatic rings. The number of hydrogen-bond donors (Lipinski definition) is 2. The van der Waals surface area contributed by atoms with Crippen molar-refractivity contribution in [3.05, 3.63) is 29.6 Å². The van der Waals surface area contributed by atoms with E-state index in [1.165, 1.54) is 6.07 Å². The van der Waals surface area contributed by atoms with E-state index in [0.717, 1.165) is 25.7 Å². The van der Waals surface area contributed by atoms with Gasteiger partial charge in [0.1, 0.15) is 5.82 Å². The van der Waals surface area contributed by atoms with Crippen LogP contribution < -0.4 is 15.5 Å². The van der Waals surface area contributed by atoms with Gasteiger partial charge in [0, 0.05) is 37.0 Å². The van der Waals surface area contributed by atoms with Crippen LogP contribution in [0.5, 0.6) is 0 Å². The molecule has 3 aliphatic heterocycles. The van der Waals surface area contributed by atoms with E-state index >= 15 is 0 Å². The number of sulfone groups is 1. The molecule has 4 fully saturated rings. The molecule has 31 heavy (non-hydrogen) atoms. The Morgan fingerprint density at radius 1 is 1.23 bits per heavy atom. The van der Waals surface area contributed by atoms with Gasteiger partial charge in [-0.2, -0.15) is 0 Å². The third-order valence-electron chi connectivity index (χ3n) is 7.25. The number of rotatable bonds is 5. The summed E-state index contributed by atoms with van der Waals surface area (Å²) in [4.78, 5) is 26.2. The third-order valence-corrected chi connectivity index (χ3v) is 9.35. The van der Waals surface area contributed by atoms with Gasteiger partial charge < -0.3 is 15.5 Å². The maximum absolute atomic E-state index is 14.9. The molecule has 1 saturated carbocycles. The second-order valence-electron chi connectivity index (χ2n) is 9.74. The van der Waals surface area contributed by atoms with Crippen LogP contribution in [0.2, 0.25) is 0 Å². The molecule has 2 N–H and O–H groups in total. The Bertz CT molecular complexity index is 1000. The van der Waals surface area contributed by atoms with Crippen molar-refractivity contribution in [2.45, 2.75) is 44.1 Å². The molecule has 1 spiro atoms. The predicted molar refractivity (Wildman–Crippen MR) is 114 cm³/mol. The minimum Gasteiger partial charge on any atom is -0.369 e. The van der Waals surface area contributed by atoms with Crippen LogP contribution in [0.3, 0.4) is 0 Å². The molecule has 4 aliphatic rings. The predicted octanol–water partition coefficient (Wildman–Crippen LogP) is 1.34. The van der Waals surface area contributed by atoms with Crippen molar-refractivity contribution in [2.24, 2.45) is 11.3 Å². The van der Waals surface area contributed by atoms with E-state index in [0.29, 0.717) is 37.3 Å². The number of benzene rings is 1. The topological polar surface area (TPSA) is 95.6 Å². The summed E-state index contributed by atoms with van der Waals surface area (Å²) in [5.74, 6) is -0.209. The summed E-state index contributed by atoms with van der Waals surface area (Å²) in [7, 11) is -2.87. The molecule has 5 rings (SSSR count). The molecule has 0 radical (unpaired) electrons. The smallest absolute Gasteiger partial charge is 0.227 e. The Labute approximate surface area is 181 Å². The van der Waals surface area contributed by atoms with Gasteiger partial charge in [-0.15, -0.1) is 0 Å². The molecule has 0 bridgehead atoms. The highest BCUT2D eigenvalue weighted by molar-refractivity contribution is 7.92. The zero-order chi connectivity index (χ0) is 21.8. The fraction of sp³-hybridized carbons (Fsp3) is 0.636. The number of hydrogen-bond acceptors (Lipinski definition) is 5. The minimum atomic E-state index is -2.87. The molecule has 3 saturated heterocycles. The van der Waals surface area contributed by atoms with Crippen LogP contribution in [0, 0.1) is 17.2 Å². The van der Waals surface area contributed by atoms with Gasteiger partial charge in [0.25, 0.3) is 0 Å². The second-order valence-corrected chi connectivity index (χ2v) is 11.8. The number of nitrogens with zero attached hydrogens (tertiary/aromatic N) is 1. The van der Waals surface area contributed by atoms with Gasteiger partial charge in [-0.25, -0.2) is 12.8 Å². The first-order chi connectivity index (χ1) is 14.7. The minimum absolute atomic E-state index is 0.0518. The first-order valence-corrected chi connectivity index (χ1v) is 12.9. The zero-order valence-corrected chi connectivity index (χ0v) is 18.2. The molecule has 1 aliphatic carbocycles. The fourth-order valence-electron chi connectivity index (χ4n) is 5.29. The maximum atomic E-state index is 14.9. The molecule has 1 aromatic carbocycles. The summed E-state index contributed by atoms with van der Waals surface area (Å²) in [5.41, 5.74) is 1.04. The molecule has 3 heterocycles. The number of carbonyl (C=O) groups is 2. The summed E-state index contributed by atoms with van der Waals surface area (Å²) in [5, 5.41) is 5.80. The van der Waals surface area contributed by atoms with Crippen molar-refractivity contribution in [3.8, 4) is 0 Å². The highest BCUT2D eigenvalue weighted by Gasteiger charge is 2.49. The normalized spacial score (nSPS) is 28.8. The quantitative estimate of drug-likeness (QED) is 0.707. The largest absolute Gasteiger partial charge is 0.369 e. The number of anilines is 1. The van der Waals surface area contributed by atoms with Crippen LogP contribution in [-0.4, -0.2) is 57.4 Å². The molecule has 0 aromatic heterocycles. The Morgan fingerprint density at radius 2 is 1.94 bits per heavy atom. The third kappa shape index (κ3) is 4.16. The average Bonchev–Trinajstić information content (AvgIpc) is 3.48. The summed E-state index contributed by atoms with van der Waals surface area (Å²) in [6, 6.07) is 4.85. The van der Waals surface area contributed by atoms with Gasteiger partial charge in [0.15, 0.2) is 9.84 Å². The Hall–Kier alpha value is -2.16. The number of carbonyl (C=O) groups excluding carboxylic acids is 2. The van der Waals surface area contributed by atoms with Gasteiger partial charge in [0.05, 0.1) is 23.1 Å². The molecule has 2 atom stereocenters. The molecule has 2 amide bonds. The van der Waals surface area contributed by atoms with Crippen LogP contribution in [0.4, 0.5) is 10.1 Å². The summed E-state index contributed by atoms with van der Waals surface area (Å²) in [6.07, 6.45) is 3.92. The Balaban J connectivity index is 1.19. The summed E-state index contributed by atoms with van der Waals surface area (Å²) < 4.78 is 38.1. The molecule has 9 heteroatoms. The van der Waals surface area contributed by atoms with Crippen molar-refractivity contribution < 1.29 is 22.4 Å². The molecule has 1 unspecified atom stereocenters. The monoisotopic (exact) mass is 449 g/mol. The SMILES string of the molecule is O=C(NCC1C[C@@H](c2ccc(N3CCC4(CC3)CS(=O)(=O)C4)c(F)c2)C(=O)N1)C1CC1. The highest BCUT2D eigenvalue weighted by atomic mass is 32.2. The van der Waals surface area contributed by atoms with E-state index in [1.807, 2.05) is 11.0 Å². The second kappa shape index (κ2) is 7.46. The van der Waals surface area contributed by atoms with E-state index < -0.39 is 15.8 Å². The number of piperidine rings is 1. The number of amides is 2. The number of halogens is 1. The lowest BCUT2D eigenvalue weighted by Gasteiger charge is -2.47. The van der Waals surface area contributed by atoms with Crippen LogP contribution >= 0.6 is 0 Å². The van der Waals surface area contributed by atoms with Gasteiger partial charge >= 0.3 is 0 Å². The van der Waals surface area contributed by atoms with Gasteiger partial charge in [-0.05, 0) is 49.8 Å². The highest BCUT2D eigenvalue weighted by Crippen LogP contribution is 2.43. The maximum Gasteiger partial charge on any atom is 0.227 e. The van der Waals surface area contributed by atoms with Crippen LogP contribution in [-0.2, 0) is 19.4 Å². The zero-order valence-electron chi connectivity index (χ0n) is 17.4. The van der Waals surface area contributed by atoms with Crippen LogP contribution in [0.15, 0.2) is 18.2 Å². The van der Waals surface area contributed by atoms with Crippen molar-refractivity contribution in [1.82, 2.24) is 10.6 Å². The van der Waals surface area contributed by atoms with E-state index in [4.69, 9.17) is 0 Å². The van der Waals surface area contributed by atoms with E-state index in [9.17, 15) is 22.4 Å². The Kier molecular flexibility index (Phi) is 4.99. The van der Waals surface area contributed by atoms with Gasteiger partial charge in [-0.1, -0.05) is 6.07 Å². The standard InChI is InChI=1S/C22H28FN3O4S/c23-18-9-15(17-10-16(25-21(17)28)11-24-20(27)14-1-2-14)3-4-19(18)26-7-5-22(6-8-26)12-31(29,30)13-22/h3-4,9,14,16-17H,1-2,5-8,10-13H2,(H,24,27)(H,25,28)/t16?,17-/m0/s1. The van der Waals surface area contributed by atoms with Crippen LogP contribution in [0.1, 0.15) is 43.6 Å². The molecule has 7 nitrogen and oxygen atoms in total. The van der Waals surface area contributed by atoms with E-state index in [1.54, 1.807) is 6.07 Å². The van der Waals surface area contributed by atoms with Gasteiger partial charge in [-0.3, -0.25) is 9.59 Å². The number of nitrogens with one attached hydrogen (secondary N) is 2. The van der Waals surface area contributed by atoms with Crippen molar-refractivity contribution in [2.75, 3.05) is 36.0 Å². The van der Waals surface area contributed by atoms with Crippen molar-refractivity contribution >= 4 is 27.3 Å². The molecular formula is C22H28FN3O4S. The summed E-state index contributed by atoms with van der Waals surface area (Å²) in [6.45, 7) is 1.68. The van der Waals surface area contributed by atoms with E-state index in [-0.39, 0.29) is 46.5 Å². The van der Waals surface area contributed by atoms with E-state index in [2.05, 4.69) is 10.6 Å². The van der Waals surface area contributed by atoms with Crippen molar-refractivity contribution in [1.29, 1.82) is 0 Å². The lowest BCUT2D eigenvalue weighted by Crippen LogP contribution is -2.54. The van der Waals surface area contributed by atoms with Crippen molar-refractivity contribution in [3.63, 3.8) is 0 Å². The average molecular weight is 450 g/mol. The Morgan fingerprint density at radius 3 is 2.55 bits per heavy atom. The first kappa shape index (κ1) is 20.7. The first-order valence-electron chi connectivity index (χ1n) is 11.1. The van der Waals surface area contributed by atoms with Crippen LogP contribution in [0.25, 0.3) is 0 Å². The lowest BCUT2D eigenvalue weighted by molar-refractivity contribution is -0.123. The lowest BCUT2D eigenvalue weighted by atomic mass is 9.81. The molecular weight excluding hydrogens is 421 g/mol.